The summed E-state index contributed by atoms with van der Waals surface area (Å²) in [6.07, 6.45) is 8.87. The Hall–Kier alpha value is -4.38. The number of sulfone groups is 1. The molecular formula is C56H70ClF3N6O4S2. The summed E-state index contributed by atoms with van der Waals surface area (Å²) >= 11 is 7.76. The van der Waals surface area contributed by atoms with Crippen LogP contribution < -0.4 is 15.5 Å². The molecule has 2 N–H and O–H groups in total. The Kier molecular flexibility index (Phi) is 17.9. The van der Waals surface area contributed by atoms with Crippen LogP contribution in [0.5, 0.6) is 0 Å². The summed E-state index contributed by atoms with van der Waals surface area (Å²) in [5.41, 5.74) is -0.341. The monoisotopic (exact) mass is 1050 g/mol. The maximum Gasteiger partial charge on any atom is 0.501 e. The minimum atomic E-state index is -5.89. The quantitative estimate of drug-likeness (QED) is 0.0739. The minimum Gasteiger partial charge on any atom is -0.380 e. The molecule has 1 aliphatic carbocycles. The number of rotatable bonds is 18. The molecule has 3 heterocycles. The molecule has 3 aliphatic heterocycles. The van der Waals surface area contributed by atoms with Crippen LogP contribution in [0.4, 0.5) is 24.5 Å². The number of alkyl halides is 3. The number of hydrogen-bond acceptors (Lipinski definition) is 10. The summed E-state index contributed by atoms with van der Waals surface area (Å²) < 4.78 is 70.0. The molecule has 4 aromatic rings. The third-order valence-electron chi connectivity index (χ3n) is 15.4. The van der Waals surface area contributed by atoms with Gasteiger partial charge in [0.2, 0.25) is 0 Å². The fourth-order valence-corrected chi connectivity index (χ4v) is 13.1. The highest BCUT2D eigenvalue weighted by Crippen LogP contribution is 2.43. The van der Waals surface area contributed by atoms with E-state index in [1.807, 2.05) is 54.6 Å². The Bertz CT molecular complexity index is 2600. The van der Waals surface area contributed by atoms with E-state index in [2.05, 4.69) is 63.3 Å². The van der Waals surface area contributed by atoms with Crippen LogP contribution in [0.15, 0.2) is 112 Å². The highest BCUT2D eigenvalue weighted by molar-refractivity contribution is 7.99. The summed E-state index contributed by atoms with van der Waals surface area (Å²) in [6.45, 7) is 13.8. The molecule has 4 aliphatic rings. The van der Waals surface area contributed by atoms with Crippen LogP contribution in [-0.2, 0) is 14.6 Å². The lowest BCUT2D eigenvalue weighted by Crippen LogP contribution is -2.47. The average Bonchev–Trinajstić information content (AvgIpc) is 3.37. The van der Waals surface area contributed by atoms with E-state index >= 15 is 0 Å². The lowest BCUT2D eigenvalue weighted by Gasteiger charge is -2.39. The van der Waals surface area contributed by atoms with Gasteiger partial charge in [-0.1, -0.05) is 67.4 Å². The molecule has 3 fully saturated rings. The second kappa shape index (κ2) is 23.9. The SMILES string of the molecule is CN1CCC(C2CCN(CC[C@H](CSc3ccccc3)Nc3ccc(C(C=O)NC(=O)c4ccc(N5CCN(CC6=C(c7ccc(Cl)cc7)CCC(C)(C)C6)CC5)cc4)cc3S(=O)(=O)C(F)(F)F)CC2)CC1. The van der Waals surface area contributed by atoms with Crippen LogP contribution in [0.1, 0.15) is 92.7 Å². The number of allylic oxidation sites excluding steroid dienone is 1. The van der Waals surface area contributed by atoms with Crippen molar-refractivity contribution in [1.29, 1.82) is 0 Å². The van der Waals surface area contributed by atoms with Gasteiger partial charge < -0.3 is 30.1 Å². The molecule has 0 aromatic heterocycles. The zero-order valence-corrected chi connectivity index (χ0v) is 44.2. The topological polar surface area (TPSA) is 105 Å². The summed E-state index contributed by atoms with van der Waals surface area (Å²) in [5.74, 6) is 1.28. The molecule has 388 valence electrons. The fraction of sp³-hybridized carbons (Fsp3) is 0.500. The van der Waals surface area contributed by atoms with Gasteiger partial charge in [-0.15, -0.1) is 11.8 Å². The Morgan fingerprint density at radius 1 is 0.847 bits per heavy atom. The predicted octanol–water partition coefficient (Wildman–Crippen LogP) is 11.1. The molecule has 16 heteroatoms. The molecule has 1 unspecified atom stereocenters. The zero-order chi connectivity index (χ0) is 51.0. The van der Waals surface area contributed by atoms with E-state index in [0.717, 1.165) is 119 Å². The molecule has 3 saturated heterocycles. The minimum absolute atomic E-state index is 0.0863. The van der Waals surface area contributed by atoms with Crippen molar-refractivity contribution in [2.75, 3.05) is 88.5 Å². The molecule has 10 nitrogen and oxygen atoms in total. The maximum atomic E-state index is 14.4. The van der Waals surface area contributed by atoms with Crippen LogP contribution in [0.25, 0.3) is 5.57 Å². The number of amides is 1. The molecule has 8 rings (SSSR count). The largest absolute Gasteiger partial charge is 0.501 e. The second-order valence-corrected chi connectivity index (χ2v) is 24.5. The number of piperidine rings is 2. The van der Waals surface area contributed by atoms with E-state index < -0.39 is 38.2 Å². The smallest absolute Gasteiger partial charge is 0.380 e. The van der Waals surface area contributed by atoms with Crippen LogP contribution in [0.3, 0.4) is 0 Å². The number of carbonyl (C=O) groups excluding carboxylic acids is 2. The molecule has 2 atom stereocenters. The van der Waals surface area contributed by atoms with E-state index in [9.17, 15) is 31.2 Å². The first kappa shape index (κ1) is 53.9. The molecule has 72 heavy (non-hydrogen) atoms. The number of likely N-dealkylation sites (tertiary alicyclic amines) is 2. The summed E-state index contributed by atoms with van der Waals surface area (Å²) in [6, 6.07) is 26.6. The van der Waals surface area contributed by atoms with Crippen molar-refractivity contribution < 1.29 is 31.2 Å². The van der Waals surface area contributed by atoms with Crippen LogP contribution in [-0.4, -0.2) is 125 Å². The van der Waals surface area contributed by atoms with Crippen LogP contribution >= 0.6 is 23.4 Å². The van der Waals surface area contributed by atoms with Crippen molar-refractivity contribution >= 4 is 62.3 Å². The third kappa shape index (κ3) is 13.9. The highest BCUT2D eigenvalue weighted by atomic mass is 35.5. The number of carbonyl (C=O) groups is 2. The number of aldehydes is 1. The van der Waals surface area contributed by atoms with Gasteiger partial charge in [-0.05, 0) is 179 Å². The normalized spacial score (nSPS) is 20.0. The van der Waals surface area contributed by atoms with Gasteiger partial charge in [-0.2, -0.15) is 13.2 Å². The lowest BCUT2D eigenvalue weighted by molar-refractivity contribution is -0.109. The number of thioether (sulfide) groups is 1. The Balaban J connectivity index is 0.913. The number of piperazine rings is 1. The number of nitrogens with one attached hydrogen (secondary N) is 2. The number of benzene rings is 4. The van der Waals surface area contributed by atoms with E-state index in [1.165, 1.54) is 41.7 Å². The first-order valence-corrected chi connectivity index (χ1v) is 28.4. The summed E-state index contributed by atoms with van der Waals surface area (Å²) in [5, 5.41) is 6.55. The molecular weight excluding hydrogens is 977 g/mol. The van der Waals surface area contributed by atoms with E-state index in [1.54, 1.807) is 23.9 Å². The van der Waals surface area contributed by atoms with Gasteiger partial charge in [0.1, 0.15) is 12.3 Å². The van der Waals surface area contributed by atoms with Crippen molar-refractivity contribution in [2.45, 2.75) is 92.6 Å². The van der Waals surface area contributed by atoms with E-state index in [0.29, 0.717) is 30.9 Å². The van der Waals surface area contributed by atoms with Crippen molar-refractivity contribution in [3.63, 3.8) is 0 Å². The van der Waals surface area contributed by atoms with Crippen LogP contribution in [0, 0.1) is 17.3 Å². The Morgan fingerprint density at radius 2 is 1.50 bits per heavy atom. The van der Waals surface area contributed by atoms with Gasteiger partial charge in [-0.3, -0.25) is 9.69 Å². The maximum absolute atomic E-state index is 14.4. The average molecular weight is 1050 g/mol. The second-order valence-electron chi connectivity index (χ2n) is 21.1. The Morgan fingerprint density at radius 3 is 2.14 bits per heavy atom. The van der Waals surface area contributed by atoms with E-state index in [-0.39, 0.29) is 22.2 Å². The first-order valence-electron chi connectivity index (χ1n) is 25.6. The molecule has 0 bridgehead atoms. The van der Waals surface area contributed by atoms with Crippen LogP contribution in [0.2, 0.25) is 5.02 Å². The highest BCUT2D eigenvalue weighted by Gasteiger charge is 2.48. The molecule has 0 radical (unpaired) electrons. The van der Waals surface area contributed by atoms with Gasteiger partial charge in [0, 0.05) is 72.2 Å². The Labute approximate surface area is 434 Å². The van der Waals surface area contributed by atoms with Gasteiger partial charge in [-0.25, -0.2) is 8.42 Å². The lowest BCUT2D eigenvalue weighted by atomic mass is 9.73. The van der Waals surface area contributed by atoms with Crippen molar-refractivity contribution in [1.82, 2.24) is 20.0 Å². The third-order valence-corrected chi connectivity index (χ3v) is 18.4. The number of anilines is 2. The fourth-order valence-electron chi connectivity index (χ4n) is 11.1. The summed E-state index contributed by atoms with van der Waals surface area (Å²) in [4.78, 5) is 35.8. The number of nitrogens with zero attached hydrogens (tertiary/aromatic N) is 4. The van der Waals surface area contributed by atoms with Crippen molar-refractivity contribution in [2.24, 2.45) is 17.3 Å². The number of hydrogen-bond donors (Lipinski definition) is 2. The number of halogens is 4. The molecule has 1 amide bonds. The molecule has 0 saturated carbocycles. The predicted molar refractivity (Wildman–Crippen MR) is 286 cm³/mol. The van der Waals surface area contributed by atoms with E-state index in [4.69, 9.17) is 11.6 Å². The van der Waals surface area contributed by atoms with Crippen molar-refractivity contribution in [3.05, 3.63) is 124 Å². The van der Waals surface area contributed by atoms with Gasteiger partial charge in [0.15, 0.2) is 0 Å². The van der Waals surface area contributed by atoms with Gasteiger partial charge in [0.05, 0.1) is 10.6 Å². The molecule has 4 aromatic carbocycles. The van der Waals surface area contributed by atoms with Gasteiger partial charge in [0.25, 0.3) is 15.7 Å². The first-order chi connectivity index (χ1) is 34.4. The van der Waals surface area contributed by atoms with Gasteiger partial charge >= 0.3 is 5.51 Å². The van der Waals surface area contributed by atoms with Crippen molar-refractivity contribution in [3.8, 4) is 0 Å². The summed E-state index contributed by atoms with van der Waals surface area (Å²) in [7, 11) is -3.72. The molecule has 0 spiro atoms. The standard InChI is InChI=1S/C56H70ClF3N6O4S2/c1-55(2)25-19-50(42-9-14-46(57)15-10-42)45(36-55)37-65-31-33-66(34-32-65)48-16-11-43(12-17-48)54(68)62-52(38-67)44-13-18-51(53(35-44)72(69,70)56(58,59)60)61-47(39-71-49-7-5-4-6-8-49)24-30-64-28-22-41(23-29-64)40-20-26-63(3)27-21-40/h4-18,35,38,40-41,47,52,61H,19-34,36-37,39H2,1-3H3,(H,62,68)/t47-,52?/m1/s1. The zero-order valence-electron chi connectivity index (χ0n) is 41.8.